The fourth-order valence-electron chi connectivity index (χ4n) is 1.80. The highest BCUT2D eigenvalue weighted by atomic mass is 14.7. The van der Waals surface area contributed by atoms with E-state index >= 15 is 0 Å². The fourth-order valence-corrected chi connectivity index (χ4v) is 1.80. The number of anilines is 1. The van der Waals surface area contributed by atoms with Gasteiger partial charge in [-0.05, 0) is 36.1 Å². The van der Waals surface area contributed by atoms with Gasteiger partial charge in [-0.2, -0.15) is 0 Å². The quantitative estimate of drug-likeness (QED) is 0.757. The molecule has 0 saturated heterocycles. The minimum absolute atomic E-state index is 0.619. The number of nitrogens with two attached hydrogens (primary N) is 1. The van der Waals surface area contributed by atoms with Crippen molar-refractivity contribution in [3.8, 4) is 0 Å². The van der Waals surface area contributed by atoms with E-state index < -0.39 is 0 Å². The van der Waals surface area contributed by atoms with E-state index in [4.69, 9.17) is 5.73 Å². The van der Waals surface area contributed by atoms with E-state index in [1.807, 2.05) is 24.4 Å². The summed E-state index contributed by atoms with van der Waals surface area (Å²) in [6.45, 7) is 4.39. The standard InChI is InChI=1S/C13H16N2/c1-9(2)6-11-8-13-10(7-12(11)14)4-3-5-15-13/h3-5,7-9H,6,14H2,1-2H3. The molecule has 0 aliphatic carbocycles. The number of rotatable bonds is 2. The Balaban J connectivity index is 2.52. The maximum atomic E-state index is 6.01. The predicted octanol–water partition coefficient (Wildman–Crippen LogP) is 3.02. The van der Waals surface area contributed by atoms with Crippen molar-refractivity contribution in [2.45, 2.75) is 20.3 Å². The van der Waals surface area contributed by atoms with Gasteiger partial charge in [-0.25, -0.2) is 0 Å². The second-order valence-electron chi connectivity index (χ2n) is 4.35. The van der Waals surface area contributed by atoms with E-state index in [1.165, 1.54) is 5.56 Å². The Morgan fingerprint density at radius 3 is 2.87 bits per heavy atom. The second kappa shape index (κ2) is 3.89. The number of pyridine rings is 1. The molecule has 1 aromatic carbocycles. The number of benzene rings is 1. The van der Waals surface area contributed by atoms with Crippen LogP contribution in [0.25, 0.3) is 10.9 Å². The van der Waals surface area contributed by atoms with Gasteiger partial charge in [0.05, 0.1) is 5.52 Å². The summed E-state index contributed by atoms with van der Waals surface area (Å²) in [5.41, 5.74) is 9.12. The molecule has 0 saturated carbocycles. The third-order valence-electron chi connectivity index (χ3n) is 2.49. The van der Waals surface area contributed by atoms with Crippen LogP contribution in [0.5, 0.6) is 0 Å². The molecule has 1 aromatic heterocycles. The van der Waals surface area contributed by atoms with Crippen molar-refractivity contribution in [3.63, 3.8) is 0 Å². The number of fused-ring (bicyclic) bond motifs is 1. The van der Waals surface area contributed by atoms with Gasteiger partial charge in [0.25, 0.3) is 0 Å². The van der Waals surface area contributed by atoms with Crippen LogP contribution < -0.4 is 5.73 Å². The average molecular weight is 200 g/mol. The molecule has 2 heteroatoms. The van der Waals surface area contributed by atoms with Crippen LogP contribution in [-0.4, -0.2) is 4.98 Å². The van der Waals surface area contributed by atoms with Gasteiger partial charge < -0.3 is 5.73 Å². The molecule has 0 bridgehead atoms. The van der Waals surface area contributed by atoms with Crippen molar-refractivity contribution in [3.05, 3.63) is 36.0 Å². The molecule has 0 aliphatic rings. The van der Waals surface area contributed by atoms with Crippen LogP contribution in [-0.2, 0) is 6.42 Å². The summed E-state index contributed by atoms with van der Waals surface area (Å²) >= 11 is 0. The van der Waals surface area contributed by atoms with E-state index in [9.17, 15) is 0 Å². The Hall–Kier alpha value is -1.57. The van der Waals surface area contributed by atoms with Gasteiger partial charge in [0, 0.05) is 17.3 Å². The average Bonchev–Trinajstić information content (AvgIpc) is 2.18. The van der Waals surface area contributed by atoms with Gasteiger partial charge in [0.1, 0.15) is 0 Å². The number of aromatic nitrogens is 1. The molecule has 78 valence electrons. The van der Waals surface area contributed by atoms with Gasteiger partial charge in [-0.15, -0.1) is 0 Å². The van der Waals surface area contributed by atoms with Crippen molar-refractivity contribution in [1.82, 2.24) is 4.98 Å². The third-order valence-corrected chi connectivity index (χ3v) is 2.49. The van der Waals surface area contributed by atoms with Crippen molar-refractivity contribution < 1.29 is 0 Å². The van der Waals surface area contributed by atoms with E-state index in [0.29, 0.717) is 5.92 Å². The minimum atomic E-state index is 0.619. The highest BCUT2D eigenvalue weighted by Crippen LogP contribution is 2.22. The van der Waals surface area contributed by atoms with E-state index in [1.54, 1.807) is 0 Å². The SMILES string of the molecule is CC(C)Cc1cc2ncccc2cc1N. The molecule has 1 heterocycles. The normalized spacial score (nSPS) is 11.1. The Kier molecular flexibility index (Phi) is 2.58. The third kappa shape index (κ3) is 2.09. The lowest BCUT2D eigenvalue weighted by molar-refractivity contribution is 0.649. The first-order chi connectivity index (χ1) is 7.16. The first-order valence-corrected chi connectivity index (χ1v) is 5.30. The van der Waals surface area contributed by atoms with Gasteiger partial charge in [0.2, 0.25) is 0 Å². The van der Waals surface area contributed by atoms with Crippen LogP contribution in [0.2, 0.25) is 0 Å². The lowest BCUT2D eigenvalue weighted by Crippen LogP contribution is -1.99. The molecule has 2 nitrogen and oxygen atoms in total. The lowest BCUT2D eigenvalue weighted by atomic mass is 10.00. The van der Waals surface area contributed by atoms with Crippen LogP contribution in [0.4, 0.5) is 5.69 Å². The zero-order valence-electron chi connectivity index (χ0n) is 9.20. The zero-order chi connectivity index (χ0) is 10.8. The largest absolute Gasteiger partial charge is 0.398 e. The summed E-state index contributed by atoms with van der Waals surface area (Å²) < 4.78 is 0. The van der Waals surface area contributed by atoms with Gasteiger partial charge in [-0.3, -0.25) is 4.98 Å². The molecule has 0 spiro atoms. The smallest absolute Gasteiger partial charge is 0.0706 e. The molecule has 0 radical (unpaired) electrons. The van der Waals surface area contributed by atoms with Crippen molar-refractivity contribution in [2.24, 2.45) is 5.92 Å². The zero-order valence-corrected chi connectivity index (χ0v) is 9.20. The molecule has 2 aromatic rings. The maximum Gasteiger partial charge on any atom is 0.0706 e. The molecule has 2 rings (SSSR count). The summed E-state index contributed by atoms with van der Waals surface area (Å²) in [5.74, 6) is 0.619. The van der Waals surface area contributed by atoms with Crippen molar-refractivity contribution >= 4 is 16.6 Å². The second-order valence-corrected chi connectivity index (χ2v) is 4.35. The lowest BCUT2D eigenvalue weighted by Gasteiger charge is -2.09. The molecule has 0 amide bonds. The monoisotopic (exact) mass is 200 g/mol. The minimum Gasteiger partial charge on any atom is -0.398 e. The number of hydrogen-bond donors (Lipinski definition) is 1. The molecule has 2 N–H and O–H groups in total. The molecule has 15 heavy (non-hydrogen) atoms. The Morgan fingerprint density at radius 1 is 1.33 bits per heavy atom. The van der Waals surface area contributed by atoms with Crippen LogP contribution >= 0.6 is 0 Å². The first kappa shape index (κ1) is 9.97. The molecular formula is C13H16N2. The van der Waals surface area contributed by atoms with Crippen LogP contribution in [0.1, 0.15) is 19.4 Å². The Labute approximate surface area is 90.1 Å². The van der Waals surface area contributed by atoms with Crippen LogP contribution in [0.15, 0.2) is 30.5 Å². The predicted molar refractivity (Wildman–Crippen MR) is 64.7 cm³/mol. The highest BCUT2D eigenvalue weighted by molar-refractivity contribution is 5.83. The van der Waals surface area contributed by atoms with E-state index in [0.717, 1.165) is 23.0 Å². The van der Waals surface area contributed by atoms with Gasteiger partial charge >= 0.3 is 0 Å². The van der Waals surface area contributed by atoms with E-state index in [2.05, 4.69) is 24.9 Å². The summed E-state index contributed by atoms with van der Waals surface area (Å²) in [6.07, 6.45) is 2.83. The van der Waals surface area contributed by atoms with Crippen molar-refractivity contribution in [1.29, 1.82) is 0 Å². The summed E-state index contributed by atoms with van der Waals surface area (Å²) in [6, 6.07) is 8.09. The Bertz CT molecular complexity index is 475. The number of nitrogen functional groups attached to an aromatic ring is 1. The fraction of sp³-hybridized carbons (Fsp3) is 0.308. The topological polar surface area (TPSA) is 38.9 Å². The maximum absolute atomic E-state index is 6.01. The molecular weight excluding hydrogens is 184 g/mol. The molecule has 0 atom stereocenters. The first-order valence-electron chi connectivity index (χ1n) is 5.30. The summed E-state index contributed by atoms with van der Waals surface area (Å²) in [7, 11) is 0. The molecule has 0 unspecified atom stereocenters. The summed E-state index contributed by atoms with van der Waals surface area (Å²) in [5, 5.41) is 1.11. The van der Waals surface area contributed by atoms with Gasteiger partial charge in [0.15, 0.2) is 0 Å². The van der Waals surface area contributed by atoms with Crippen LogP contribution in [0.3, 0.4) is 0 Å². The van der Waals surface area contributed by atoms with E-state index in [-0.39, 0.29) is 0 Å². The molecule has 0 aliphatic heterocycles. The van der Waals surface area contributed by atoms with Crippen molar-refractivity contribution in [2.75, 3.05) is 5.73 Å². The number of nitrogens with zero attached hydrogens (tertiary/aromatic N) is 1. The Morgan fingerprint density at radius 2 is 2.13 bits per heavy atom. The number of hydrogen-bond acceptors (Lipinski definition) is 2. The van der Waals surface area contributed by atoms with Gasteiger partial charge in [-0.1, -0.05) is 19.9 Å². The highest BCUT2D eigenvalue weighted by Gasteiger charge is 2.04. The summed E-state index contributed by atoms with van der Waals surface area (Å²) in [4.78, 5) is 4.33. The molecule has 0 fully saturated rings. The van der Waals surface area contributed by atoms with Crippen LogP contribution in [0, 0.1) is 5.92 Å².